The summed E-state index contributed by atoms with van der Waals surface area (Å²) >= 11 is 0. The van der Waals surface area contributed by atoms with Gasteiger partial charge in [-0.1, -0.05) is 18.2 Å². The molecule has 0 aliphatic carbocycles. The zero-order valence-electron chi connectivity index (χ0n) is 12.3. The lowest BCUT2D eigenvalue weighted by atomic mass is 9.72. The Morgan fingerprint density at radius 1 is 1.38 bits per heavy atom. The lowest BCUT2D eigenvalue weighted by Crippen LogP contribution is -2.63. The van der Waals surface area contributed by atoms with Crippen molar-refractivity contribution in [2.75, 3.05) is 24.6 Å². The van der Waals surface area contributed by atoms with Crippen LogP contribution in [0.4, 0.5) is 5.69 Å². The van der Waals surface area contributed by atoms with Gasteiger partial charge in [0.15, 0.2) is 0 Å². The van der Waals surface area contributed by atoms with E-state index in [1.165, 1.54) is 6.92 Å². The summed E-state index contributed by atoms with van der Waals surface area (Å²) in [4.78, 5) is 26.2. The monoisotopic (exact) mass is 289 g/mol. The van der Waals surface area contributed by atoms with Crippen LogP contribution in [0.5, 0.6) is 0 Å². The van der Waals surface area contributed by atoms with E-state index in [-0.39, 0.29) is 12.5 Å². The quantitative estimate of drug-likeness (QED) is 0.795. The molecule has 4 rings (SSSR count). The van der Waals surface area contributed by atoms with E-state index in [1.54, 1.807) is 6.92 Å². The summed E-state index contributed by atoms with van der Waals surface area (Å²) in [5, 5.41) is 0. The molecule has 0 radical (unpaired) electrons. The van der Waals surface area contributed by atoms with E-state index in [0.29, 0.717) is 6.54 Å². The molecule has 5 heteroatoms. The molecule has 112 valence electrons. The molecule has 1 aromatic carbocycles. The fraction of sp³-hybridized carbons (Fsp3) is 0.500. The molecule has 1 aromatic rings. The van der Waals surface area contributed by atoms with Gasteiger partial charge in [-0.2, -0.15) is 0 Å². The molecule has 0 N–H and O–H groups in total. The van der Waals surface area contributed by atoms with E-state index < -0.39 is 17.5 Å². The number of hydrogen-bond acceptors (Lipinski definition) is 5. The molecule has 2 bridgehead atoms. The number of rotatable bonds is 3. The van der Waals surface area contributed by atoms with Crippen molar-refractivity contribution in [3.05, 3.63) is 29.8 Å². The highest BCUT2D eigenvalue weighted by atomic mass is 16.6. The Morgan fingerprint density at radius 3 is 2.86 bits per heavy atom. The Morgan fingerprint density at radius 2 is 2.14 bits per heavy atom. The molecule has 0 spiro atoms. The predicted molar refractivity (Wildman–Crippen MR) is 77.1 cm³/mol. The fourth-order valence-electron chi connectivity index (χ4n) is 3.53. The number of carbonyl (C=O) groups is 2. The SMILES string of the molecule is CCOC(=O)C1(OC(C)=O)CN2CCC1c1ccccc12. The Balaban J connectivity index is 2.07. The average Bonchev–Trinajstić information content (AvgIpc) is 2.47. The van der Waals surface area contributed by atoms with Crippen LogP contribution in [-0.4, -0.2) is 37.2 Å². The van der Waals surface area contributed by atoms with Crippen LogP contribution in [0.1, 0.15) is 31.7 Å². The first-order valence-corrected chi connectivity index (χ1v) is 7.29. The van der Waals surface area contributed by atoms with E-state index in [2.05, 4.69) is 4.90 Å². The van der Waals surface area contributed by atoms with Gasteiger partial charge in [-0.25, -0.2) is 4.79 Å². The second-order valence-corrected chi connectivity index (χ2v) is 5.53. The molecule has 0 amide bonds. The number of piperidine rings is 1. The van der Waals surface area contributed by atoms with Crippen molar-refractivity contribution in [1.82, 2.24) is 0 Å². The highest BCUT2D eigenvalue weighted by Gasteiger charge is 2.58. The minimum Gasteiger partial charge on any atom is -0.463 e. The highest BCUT2D eigenvalue weighted by Crippen LogP contribution is 2.49. The number of esters is 2. The maximum Gasteiger partial charge on any atom is 0.353 e. The number of carbonyl (C=O) groups excluding carboxylic acids is 2. The summed E-state index contributed by atoms with van der Waals surface area (Å²) in [6.07, 6.45) is 0.781. The largest absolute Gasteiger partial charge is 0.463 e. The number of hydrogen-bond donors (Lipinski definition) is 0. The van der Waals surface area contributed by atoms with E-state index in [9.17, 15) is 9.59 Å². The van der Waals surface area contributed by atoms with Gasteiger partial charge in [0, 0.05) is 25.1 Å². The van der Waals surface area contributed by atoms with Crippen LogP contribution in [0, 0.1) is 0 Å². The molecule has 2 unspecified atom stereocenters. The maximum absolute atomic E-state index is 12.5. The Kier molecular flexibility index (Phi) is 3.35. The Hall–Kier alpha value is -2.04. The summed E-state index contributed by atoms with van der Waals surface area (Å²) in [6, 6.07) is 7.98. The van der Waals surface area contributed by atoms with Gasteiger partial charge in [0.2, 0.25) is 5.60 Å². The molecule has 5 nitrogen and oxygen atoms in total. The summed E-state index contributed by atoms with van der Waals surface area (Å²) in [5.41, 5.74) is 0.971. The van der Waals surface area contributed by atoms with Gasteiger partial charge in [-0.3, -0.25) is 4.79 Å². The number of ether oxygens (including phenoxy) is 2. The Labute approximate surface area is 123 Å². The van der Waals surface area contributed by atoms with Gasteiger partial charge in [0.05, 0.1) is 13.2 Å². The van der Waals surface area contributed by atoms with Crippen LogP contribution in [0.3, 0.4) is 0 Å². The van der Waals surface area contributed by atoms with E-state index >= 15 is 0 Å². The third-order valence-electron chi connectivity index (χ3n) is 4.28. The molecular formula is C16H19NO4. The van der Waals surface area contributed by atoms with E-state index in [1.807, 2.05) is 24.3 Å². The summed E-state index contributed by atoms with van der Waals surface area (Å²) in [5.74, 6) is -1.03. The van der Waals surface area contributed by atoms with E-state index in [0.717, 1.165) is 24.2 Å². The van der Waals surface area contributed by atoms with Gasteiger partial charge in [0.1, 0.15) is 0 Å². The number of benzene rings is 1. The highest BCUT2D eigenvalue weighted by molar-refractivity contribution is 5.87. The summed E-state index contributed by atoms with van der Waals surface area (Å²) < 4.78 is 10.7. The Bertz CT molecular complexity index is 585. The normalized spacial score (nSPS) is 26.2. The number of para-hydroxylation sites is 1. The van der Waals surface area contributed by atoms with Crippen LogP contribution in [-0.2, 0) is 19.1 Å². The standard InChI is InChI=1S/C16H19NO4/c1-3-20-15(19)16(21-11(2)18)10-17-9-8-13(16)12-6-4-5-7-14(12)17/h4-7,13H,3,8-10H2,1-2H3. The minimum absolute atomic E-state index is 0.137. The van der Waals surface area contributed by atoms with Crippen LogP contribution < -0.4 is 4.90 Å². The smallest absolute Gasteiger partial charge is 0.353 e. The second kappa shape index (κ2) is 5.06. The lowest BCUT2D eigenvalue weighted by Gasteiger charge is -2.51. The topological polar surface area (TPSA) is 55.8 Å². The molecule has 3 aliphatic rings. The van der Waals surface area contributed by atoms with Crippen molar-refractivity contribution in [2.24, 2.45) is 0 Å². The number of nitrogens with zero attached hydrogens (tertiary/aromatic N) is 1. The van der Waals surface area contributed by atoms with Gasteiger partial charge in [-0.15, -0.1) is 0 Å². The van der Waals surface area contributed by atoms with Crippen molar-refractivity contribution in [3.63, 3.8) is 0 Å². The van der Waals surface area contributed by atoms with Crippen LogP contribution in [0.25, 0.3) is 0 Å². The second-order valence-electron chi connectivity index (χ2n) is 5.53. The molecule has 21 heavy (non-hydrogen) atoms. The molecule has 1 fully saturated rings. The van der Waals surface area contributed by atoms with Gasteiger partial charge >= 0.3 is 11.9 Å². The molecule has 2 atom stereocenters. The zero-order chi connectivity index (χ0) is 15.0. The molecule has 0 aromatic heterocycles. The van der Waals surface area contributed by atoms with Crippen molar-refractivity contribution in [1.29, 1.82) is 0 Å². The first-order chi connectivity index (χ1) is 10.1. The summed E-state index contributed by atoms with van der Waals surface area (Å²) in [7, 11) is 0. The number of anilines is 1. The molecule has 3 heterocycles. The molecule has 1 saturated heterocycles. The van der Waals surface area contributed by atoms with Crippen molar-refractivity contribution in [2.45, 2.75) is 31.8 Å². The lowest BCUT2D eigenvalue weighted by molar-refractivity contribution is -0.185. The average molecular weight is 289 g/mol. The third kappa shape index (κ3) is 2.07. The summed E-state index contributed by atoms with van der Waals surface area (Å²) in [6.45, 7) is 4.60. The molecule has 0 saturated carbocycles. The van der Waals surface area contributed by atoms with Crippen LogP contribution in [0.15, 0.2) is 24.3 Å². The maximum atomic E-state index is 12.5. The minimum atomic E-state index is -1.21. The first-order valence-electron chi connectivity index (χ1n) is 7.29. The van der Waals surface area contributed by atoms with Crippen molar-refractivity contribution in [3.8, 4) is 0 Å². The van der Waals surface area contributed by atoms with Crippen LogP contribution in [0.2, 0.25) is 0 Å². The zero-order valence-corrected chi connectivity index (χ0v) is 12.3. The van der Waals surface area contributed by atoms with E-state index in [4.69, 9.17) is 9.47 Å². The van der Waals surface area contributed by atoms with Crippen molar-refractivity contribution < 1.29 is 19.1 Å². The fourth-order valence-corrected chi connectivity index (χ4v) is 3.53. The molecular weight excluding hydrogens is 270 g/mol. The van der Waals surface area contributed by atoms with Crippen LogP contribution >= 0.6 is 0 Å². The van der Waals surface area contributed by atoms with Gasteiger partial charge in [-0.05, 0) is 25.0 Å². The van der Waals surface area contributed by atoms with Gasteiger partial charge in [0.25, 0.3) is 0 Å². The molecule has 3 aliphatic heterocycles. The first kappa shape index (κ1) is 13.9. The number of fused-ring (bicyclic) bond motifs is 2. The van der Waals surface area contributed by atoms with Gasteiger partial charge < -0.3 is 14.4 Å². The predicted octanol–water partition coefficient (Wildman–Crippen LogP) is 1.86. The van der Waals surface area contributed by atoms with Crippen molar-refractivity contribution >= 4 is 17.6 Å². The third-order valence-corrected chi connectivity index (χ3v) is 4.28.